The Hall–Kier alpha value is -0.340. The van der Waals surface area contributed by atoms with Gasteiger partial charge in [-0.25, -0.2) is 0 Å². The summed E-state index contributed by atoms with van der Waals surface area (Å²) in [6, 6.07) is 0. The fraction of sp³-hybridized carbons (Fsp3) is 0.833. The van der Waals surface area contributed by atoms with Crippen molar-refractivity contribution in [3.05, 3.63) is 12.2 Å². The van der Waals surface area contributed by atoms with Gasteiger partial charge in [-0.15, -0.1) is 0 Å². The van der Waals surface area contributed by atoms with Crippen LogP contribution in [0.2, 0.25) is 0 Å². The van der Waals surface area contributed by atoms with Crippen molar-refractivity contribution in [2.45, 2.75) is 39.7 Å². The van der Waals surface area contributed by atoms with Crippen molar-refractivity contribution in [1.29, 1.82) is 0 Å². The van der Waals surface area contributed by atoms with E-state index >= 15 is 0 Å². The topological polar surface area (TPSA) is 18.5 Å². The molecular formula is C12H24O2. The molecule has 0 amide bonds. The van der Waals surface area contributed by atoms with Crippen LogP contribution in [0.5, 0.6) is 0 Å². The molecule has 1 atom stereocenters. The van der Waals surface area contributed by atoms with E-state index in [1.54, 1.807) is 14.2 Å². The van der Waals surface area contributed by atoms with Gasteiger partial charge in [-0.1, -0.05) is 34.3 Å². The molecule has 14 heavy (non-hydrogen) atoms. The zero-order valence-corrected chi connectivity index (χ0v) is 10.4. The maximum absolute atomic E-state index is 5.67. The molecule has 0 bridgehead atoms. The number of hydrogen-bond donors (Lipinski definition) is 0. The van der Waals surface area contributed by atoms with E-state index in [0.29, 0.717) is 6.61 Å². The average molecular weight is 200 g/mol. The van der Waals surface area contributed by atoms with Gasteiger partial charge in [-0.05, 0) is 17.4 Å². The molecule has 0 aromatic heterocycles. The van der Waals surface area contributed by atoms with Crippen molar-refractivity contribution in [1.82, 2.24) is 0 Å². The molecule has 0 heterocycles. The summed E-state index contributed by atoms with van der Waals surface area (Å²) in [4.78, 5) is 0. The van der Waals surface area contributed by atoms with Gasteiger partial charge in [0.15, 0.2) is 0 Å². The van der Waals surface area contributed by atoms with E-state index in [0.717, 1.165) is 12.0 Å². The molecule has 0 fully saturated rings. The molecule has 0 aromatic rings. The molecule has 0 aliphatic heterocycles. The van der Waals surface area contributed by atoms with Crippen molar-refractivity contribution >= 4 is 0 Å². The molecule has 0 saturated carbocycles. The number of ether oxygens (including phenoxy) is 2. The minimum Gasteiger partial charge on any atom is -0.381 e. The van der Waals surface area contributed by atoms with E-state index in [9.17, 15) is 0 Å². The smallest absolute Gasteiger partial charge is 0.116 e. The molecule has 0 aromatic carbocycles. The highest BCUT2D eigenvalue weighted by Crippen LogP contribution is 2.40. The summed E-state index contributed by atoms with van der Waals surface area (Å²) in [5.41, 5.74) is 0.704. The minimum absolute atomic E-state index is 0.00907. The van der Waals surface area contributed by atoms with E-state index in [-0.39, 0.29) is 11.0 Å². The first-order valence-electron chi connectivity index (χ1n) is 5.08. The van der Waals surface area contributed by atoms with Crippen LogP contribution >= 0.6 is 0 Å². The summed E-state index contributed by atoms with van der Waals surface area (Å²) in [5, 5.41) is 0. The van der Waals surface area contributed by atoms with Gasteiger partial charge in [0.2, 0.25) is 0 Å². The van der Waals surface area contributed by atoms with E-state index in [4.69, 9.17) is 9.47 Å². The first kappa shape index (κ1) is 13.7. The largest absolute Gasteiger partial charge is 0.381 e. The molecule has 2 nitrogen and oxygen atoms in total. The van der Waals surface area contributed by atoms with Crippen molar-refractivity contribution in [2.24, 2.45) is 5.41 Å². The quantitative estimate of drug-likeness (QED) is 0.635. The summed E-state index contributed by atoms with van der Waals surface area (Å²) in [5.74, 6) is 0. The molecule has 0 radical (unpaired) electrons. The monoisotopic (exact) mass is 200 g/mol. The van der Waals surface area contributed by atoms with Gasteiger partial charge in [-0.2, -0.15) is 0 Å². The maximum atomic E-state index is 5.67. The Morgan fingerprint density at radius 3 is 1.93 bits per heavy atom. The van der Waals surface area contributed by atoms with Crippen molar-refractivity contribution in [3.8, 4) is 0 Å². The van der Waals surface area contributed by atoms with Gasteiger partial charge >= 0.3 is 0 Å². The average Bonchev–Trinajstić information content (AvgIpc) is 2.11. The predicted molar refractivity (Wildman–Crippen MR) is 60.5 cm³/mol. The Balaban J connectivity index is 5.08. The van der Waals surface area contributed by atoms with Crippen LogP contribution < -0.4 is 0 Å². The van der Waals surface area contributed by atoms with Crippen molar-refractivity contribution in [2.75, 3.05) is 20.8 Å². The predicted octanol–water partition coefficient (Wildman–Crippen LogP) is 3.03. The minimum atomic E-state index is -0.378. The van der Waals surface area contributed by atoms with Crippen LogP contribution in [0.25, 0.3) is 0 Å². The molecule has 0 aliphatic rings. The molecule has 1 unspecified atom stereocenters. The Morgan fingerprint density at radius 2 is 1.71 bits per heavy atom. The van der Waals surface area contributed by atoms with Crippen LogP contribution in [0.3, 0.4) is 0 Å². The fourth-order valence-electron chi connectivity index (χ4n) is 1.85. The van der Waals surface area contributed by atoms with E-state index in [2.05, 4.69) is 34.3 Å². The second-order valence-electron chi connectivity index (χ2n) is 4.67. The zero-order valence-electron chi connectivity index (χ0n) is 10.4. The molecule has 0 rings (SSSR count). The highest BCUT2D eigenvalue weighted by molar-refractivity contribution is 5.18. The third kappa shape index (κ3) is 2.37. The summed E-state index contributed by atoms with van der Waals surface area (Å²) < 4.78 is 10.9. The summed E-state index contributed by atoms with van der Waals surface area (Å²) in [6.07, 6.45) is 0.911. The van der Waals surface area contributed by atoms with Gasteiger partial charge in [0.05, 0.1) is 6.61 Å². The molecule has 0 saturated heterocycles. The number of rotatable bonds is 5. The summed E-state index contributed by atoms with van der Waals surface area (Å²) >= 11 is 0. The highest BCUT2D eigenvalue weighted by atomic mass is 16.5. The molecular weight excluding hydrogens is 176 g/mol. The van der Waals surface area contributed by atoms with Crippen molar-refractivity contribution < 1.29 is 9.47 Å². The summed E-state index contributed by atoms with van der Waals surface area (Å²) in [6.45, 7) is 13.2. The Kier molecular flexibility index (Phi) is 4.82. The lowest BCUT2D eigenvalue weighted by Crippen LogP contribution is -2.49. The Morgan fingerprint density at radius 1 is 1.21 bits per heavy atom. The zero-order chi connectivity index (χ0) is 11.4. The van der Waals surface area contributed by atoms with Gasteiger partial charge in [0, 0.05) is 14.2 Å². The van der Waals surface area contributed by atoms with Crippen molar-refractivity contribution in [3.63, 3.8) is 0 Å². The Bertz CT molecular complexity index is 191. The first-order chi connectivity index (χ1) is 6.35. The molecule has 0 spiro atoms. The van der Waals surface area contributed by atoms with Gasteiger partial charge in [0.1, 0.15) is 5.60 Å². The third-order valence-electron chi connectivity index (χ3n) is 2.91. The normalized spacial score (nSPS) is 16.4. The fourth-order valence-corrected chi connectivity index (χ4v) is 1.85. The first-order valence-corrected chi connectivity index (χ1v) is 5.08. The molecule has 2 heteroatoms. The number of methoxy groups -OCH3 is 2. The van der Waals surface area contributed by atoms with Gasteiger partial charge < -0.3 is 9.47 Å². The standard InChI is InChI=1S/C12H24O2/c1-8-10(2)12(14-7,9-13-6)11(3,4)5/h2,8-9H2,1,3-7H3. The number of hydrogen-bond acceptors (Lipinski definition) is 2. The van der Waals surface area contributed by atoms with E-state index in [1.165, 1.54) is 0 Å². The maximum Gasteiger partial charge on any atom is 0.116 e. The van der Waals surface area contributed by atoms with Gasteiger partial charge in [0.25, 0.3) is 0 Å². The van der Waals surface area contributed by atoms with Crippen LogP contribution in [0.15, 0.2) is 12.2 Å². The second-order valence-corrected chi connectivity index (χ2v) is 4.67. The van der Waals surface area contributed by atoms with Crippen LogP contribution in [0.1, 0.15) is 34.1 Å². The van der Waals surface area contributed by atoms with E-state index in [1.807, 2.05) is 0 Å². The van der Waals surface area contributed by atoms with Crippen LogP contribution in [0.4, 0.5) is 0 Å². The van der Waals surface area contributed by atoms with E-state index < -0.39 is 0 Å². The lowest BCUT2D eigenvalue weighted by Gasteiger charge is -2.44. The highest BCUT2D eigenvalue weighted by Gasteiger charge is 2.44. The molecule has 0 aliphatic carbocycles. The SMILES string of the molecule is C=C(CC)C(COC)(OC)C(C)(C)C. The molecule has 84 valence electrons. The van der Waals surface area contributed by atoms with Crippen LogP contribution in [0, 0.1) is 5.41 Å². The summed E-state index contributed by atoms with van der Waals surface area (Å²) in [7, 11) is 3.42. The third-order valence-corrected chi connectivity index (χ3v) is 2.91. The second kappa shape index (κ2) is 4.94. The van der Waals surface area contributed by atoms with Crippen LogP contribution in [-0.2, 0) is 9.47 Å². The molecule has 0 N–H and O–H groups in total. The Labute approximate surface area is 88.3 Å². The van der Waals surface area contributed by atoms with Crippen LogP contribution in [-0.4, -0.2) is 26.4 Å². The van der Waals surface area contributed by atoms with Gasteiger partial charge in [-0.3, -0.25) is 0 Å². The lowest BCUT2D eigenvalue weighted by molar-refractivity contribution is -0.105. The lowest BCUT2D eigenvalue weighted by atomic mass is 9.71.